The quantitative estimate of drug-likeness (QED) is 0.591. The third-order valence-electron chi connectivity index (χ3n) is 4.80. The maximum absolute atomic E-state index is 13.1. The predicted octanol–water partition coefficient (Wildman–Crippen LogP) is 4.58. The van der Waals surface area contributed by atoms with Gasteiger partial charge in [0.05, 0.1) is 33.4 Å². The lowest BCUT2D eigenvalue weighted by Gasteiger charge is -2.21. The van der Waals surface area contributed by atoms with Crippen molar-refractivity contribution in [2.24, 2.45) is 0 Å². The highest BCUT2D eigenvalue weighted by Gasteiger charge is 2.19. The SMILES string of the molecule is COc1cc(CC(=O)N(C)c2ccccc2-c2ccccc2)cc(OC)c1OC. The van der Waals surface area contributed by atoms with Crippen LogP contribution in [0.15, 0.2) is 66.7 Å². The van der Waals surface area contributed by atoms with Gasteiger partial charge in [0.25, 0.3) is 0 Å². The molecule has 0 saturated heterocycles. The van der Waals surface area contributed by atoms with Gasteiger partial charge in [-0.05, 0) is 29.3 Å². The number of rotatable bonds is 7. The average molecular weight is 391 g/mol. The second-order valence-electron chi connectivity index (χ2n) is 6.55. The Labute approximate surface area is 171 Å². The van der Waals surface area contributed by atoms with Gasteiger partial charge in [-0.1, -0.05) is 48.5 Å². The number of carbonyl (C=O) groups excluding carboxylic acids is 1. The Hall–Kier alpha value is -3.47. The Bertz CT molecular complexity index is 960. The fraction of sp³-hybridized carbons (Fsp3) is 0.208. The molecule has 0 N–H and O–H groups in total. The number of para-hydroxylation sites is 1. The summed E-state index contributed by atoms with van der Waals surface area (Å²) in [6.45, 7) is 0. The minimum atomic E-state index is -0.0392. The largest absolute Gasteiger partial charge is 0.493 e. The van der Waals surface area contributed by atoms with Crippen molar-refractivity contribution in [3.05, 3.63) is 72.3 Å². The van der Waals surface area contributed by atoms with Crippen LogP contribution in [0.3, 0.4) is 0 Å². The summed E-state index contributed by atoms with van der Waals surface area (Å²) in [5, 5.41) is 0. The van der Waals surface area contributed by atoms with Gasteiger partial charge in [0, 0.05) is 12.6 Å². The van der Waals surface area contributed by atoms with Crippen molar-refractivity contribution < 1.29 is 19.0 Å². The van der Waals surface area contributed by atoms with E-state index in [-0.39, 0.29) is 12.3 Å². The molecule has 0 aliphatic heterocycles. The summed E-state index contributed by atoms with van der Waals surface area (Å²) in [5.74, 6) is 1.53. The third kappa shape index (κ3) is 4.35. The molecule has 150 valence electrons. The van der Waals surface area contributed by atoms with Gasteiger partial charge >= 0.3 is 0 Å². The molecule has 0 aliphatic carbocycles. The fourth-order valence-electron chi connectivity index (χ4n) is 3.29. The standard InChI is InChI=1S/C24H25NO4/c1-25(20-13-9-8-12-19(20)18-10-6-5-7-11-18)23(26)16-17-14-21(27-2)24(29-4)22(15-17)28-3/h5-15H,16H2,1-4H3. The first-order valence-corrected chi connectivity index (χ1v) is 9.29. The molecule has 1 amide bonds. The number of carbonyl (C=O) groups is 1. The highest BCUT2D eigenvalue weighted by molar-refractivity contribution is 5.98. The summed E-state index contributed by atoms with van der Waals surface area (Å²) < 4.78 is 16.1. The summed E-state index contributed by atoms with van der Waals surface area (Å²) >= 11 is 0. The van der Waals surface area contributed by atoms with Gasteiger partial charge in [0.1, 0.15) is 0 Å². The predicted molar refractivity (Wildman–Crippen MR) is 115 cm³/mol. The van der Waals surface area contributed by atoms with Crippen molar-refractivity contribution in [1.82, 2.24) is 0 Å². The molecule has 3 rings (SSSR count). The fourth-order valence-corrected chi connectivity index (χ4v) is 3.29. The summed E-state index contributed by atoms with van der Waals surface area (Å²) in [5.41, 5.74) is 3.72. The minimum absolute atomic E-state index is 0.0392. The monoisotopic (exact) mass is 391 g/mol. The van der Waals surface area contributed by atoms with Crippen LogP contribution < -0.4 is 19.1 Å². The number of hydrogen-bond donors (Lipinski definition) is 0. The summed E-state index contributed by atoms with van der Waals surface area (Å²) in [6, 6.07) is 21.5. The van der Waals surface area contributed by atoms with Crippen molar-refractivity contribution in [2.45, 2.75) is 6.42 Å². The smallest absolute Gasteiger partial charge is 0.231 e. The van der Waals surface area contributed by atoms with E-state index in [1.54, 1.807) is 45.4 Å². The van der Waals surface area contributed by atoms with Crippen LogP contribution in [0.2, 0.25) is 0 Å². The van der Waals surface area contributed by atoms with E-state index in [2.05, 4.69) is 0 Å². The van der Waals surface area contributed by atoms with Crippen LogP contribution in [0.5, 0.6) is 17.2 Å². The molecular formula is C24H25NO4. The average Bonchev–Trinajstić information content (AvgIpc) is 2.78. The number of likely N-dealkylation sites (N-methyl/N-ethyl adjacent to an activating group) is 1. The molecule has 0 fully saturated rings. The van der Waals surface area contributed by atoms with Gasteiger partial charge in [-0.25, -0.2) is 0 Å². The number of hydrogen-bond acceptors (Lipinski definition) is 4. The highest BCUT2D eigenvalue weighted by Crippen LogP contribution is 2.38. The number of methoxy groups -OCH3 is 3. The molecule has 3 aromatic carbocycles. The lowest BCUT2D eigenvalue weighted by atomic mass is 10.0. The summed E-state index contributed by atoms with van der Waals surface area (Å²) in [4.78, 5) is 14.7. The molecular weight excluding hydrogens is 366 g/mol. The number of benzene rings is 3. The zero-order chi connectivity index (χ0) is 20.8. The second-order valence-corrected chi connectivity index (χ2v) is 6.55. The first-order valence-electron chi connectivity index (χ1n) is 9.29. The Balaban J connectivity index is 1.89. The van der Waals surface area contributed by atoms with Crippen LogP contribution in [-0.4, -0.2) is 34.3 Å². The molecule has 0 unspecified atom stereocenters. The van der Waals surface area contributed by atoms with Crippen molar-refractivity contribution in [3.8, 4) is 28.4 Å². The van der Waals surface area contributed by atoms with E-state index in [9.17, 15) is 4.79 Å². The number of ether oxygens (including phenoxy) is 3. The minimum Gasteiger partial charge on any atom is -0.493 e. The first-order chi connectivity index (χ1) is 14.1. The van der Waals surface area contributed by atoms with E-state index in [1.165, 1.54) is 0 Å². The third-order valence-corrected chi connectivity index (χ3v) is 4.80. The second kappa shape index (κ2) is 9.15. The molecule has 0 heterocycles. The van der Waals surface area contributed by atoms with Crippen LogP contribution in [0.1, 0.15) is 5.56 Å². The lowest BCUT2D eigenvalue weighted by molar-refractivity contribution is -0.117. The van der Waals surface area contributed by atoms with E-state index in [0.29, 0.717) is 17.2 Å². The van der Waals surface area contributed by atoms with Crippen molar-refractivity contribution in [1.29, 1.82) is 0 Å². The van der Waals surface area contributed by atoms with Gasteiger partial charge < -0.3 is 19.1 Å². The van der Waals surface area contributed by atoms with Crippen LogP contribution >= 0.6 is 0 Å². The van der Waals surface area contributed by atoms with E-state index < -0.39 is 0 Å². The molecule has 0 atom stereocenters. The maximum Gasteiger partial charge on any atom is 0.231 e. The molecule has 5 nitrogen and oxygen atoms in total. The normalized spacial score (nSPS) is 10.3. The van der Waals surface area contributed by atoms with Gasteiger partial charge in [0.2, 0.25) is 11.7 Å². The first kappa shape index (κ1) is 20.3. The van der Waals surface area contributed by atoms with E-state index in [4.69, 9.17) is 14.2 Å². The molecule has 0 spiro atoms. The number of anilines is 1. The Morgan fingerprint density at radius 3 is 2.00 bits per heavy atom. The van der Waals surface area contributed by atoms with Gasteiger partial charge in [-0.3, -0.25) is 4.79 Å². The van der Waals surface area contributed by atoms with Crippen molar-refractivity contribution in [3.63, 3.8) is 0 Å². The topological polar surface area (TPSA) is 48.0 Å². The van der Waals surface area contributed by atoms with Crippen molar-refractivity contribution in [2.75, 3.05) is 33.3 Å². The van der Waals surface area contributed by atoms with E-state index in [1.807, 2.05) is 54.6 Å². The number of nitrogens with zero attached hydrogens (tertiary/aromatic N) is 1. The molecule has 0 radical (unpaired) electrons. The van der Waals surface area contributed by atoms with Crippen LogP contribution in [0, 0.1) is 0 Å². The zero-order valence-corrected chi connectivity index (χ0v) is 17.1. The molecule has 0 aromatic heterocycles. The molecule has 0 saturated carbocycles. The molecule has 0 bridgehead atoms. The lowest BCUT2D eigenvalue weighted by Crippen LogP contribution is -2.28. The zero-order valence-electron chi connectivity index (χ0n) is 17.1. The van der Waals surface area contributed by atoms with Crippen LogP contribution in [0.25, 0.3) is 11.1 Å². The summed E-state index contributed by atoms with van der Waals surface area (Å²) in [7, 11) is 6.47. The van der Waals surface area contributed by atoms with E-state index in [0.717, 1.165) is 22.4 Å². The van der Waals surface area contributed by atoms with Crippen LogP contribution in [0.4, 0.5) is 5.69 Å². The number of amides is 1. The molecule has 29 heavy (non-hydrogen) atoms. The highest BCUT2D eigenvalue weighted by atomic mass is 16.5. The Kier molecular flexibility index (Phi) is 6.39. The van der Waals surface area contributed by atoms with Crippen molar-refractivity contribution >= 4 is 11.6 Å². The molecule has 3 aromatic rings. The molecule has 5 heteroatoms. The van der Waals surface area contributed by atoms with Gasteiger partial charge in [-0.15, -0.1) is 0 Å². The van der Waals surface area contributed by atoms with Gasteiger partial charge in [-0.2, -0.15) is 0 Å². The van der Waals surface area contributed by atoms with Crippen LogP contribution in [-0.2, 0) is 11.2 Å². The summed E-state index contributed by atoms with van der Waals surface area (Å²) in [6.07, 6.45) is 0.205. The van der Waals surface area contributed by atoms with Gasteiger partial charge in [0.15, 0.2) is 11.5 Å². The van der Waals surface area contributed by atoms with E-state index >= 15 is 0 Å². The molecule has 0 aliphatic rings. The maximum atomic E-state index is 13.1. The Morgan fingerprint density at radius 1 is 0.828 bits per heavy atom. The Morgan fingerprint density at radius 2 is 1.41 bits per heavy atom.